The number of aliphatic hydroxyl groups excluding tert-OH is 2. The molecule has 0 aromatic rings. The molecule has 0 spiro atoms. The van der Waals surface area contributed by atoms with E-state index in [0.29, 0.717) is 12.8 Å². The van der Waals surface area contributed by atoms with Crippen molar-refractivity contribution in [3.05, 3.63) is 0 Å². The molecule has 6 nitrogen and oxygen atoms in total. The van der Waals surface area contributed by atoms with Crippen molar-refractivity contribution in [3.63, 3.8) is 0 Å². The number of carboxylic acid groups (broad SMARTS) is 2. The molecule has 0 aromatic carbocycles. The molecular formula is C36H72O6. The number of rotatable bonds is 32. The number of aliphatic hydroxyl groups is 2. The Bertz CT molecular complexity index is 505. The van der Waals surface area contributed by atoms with Crippen LogP contribution in [0.1, 0.15) is 206 Å². The number of carbonyl (C=O) groups is 2. The average molecular weight is 601 g/mol. The number of hydrogen-bond acceptors (Lipinski definition) is 4. The summed E-state index contributed by atoms with van der Waals surface area (Å²) in [5.74, 6) is -2.19. The van der Waals surface area contributed by atoms with Crippen molar-refractivity contribution in [2.45, 2.75) is 219 Å². The molecule has 0 aromatic heterocycles. The van der Waals surface area contributed by atoms with Crippen molar-refractivity contribution in [3.8, 4) is 0 Å². The Kier molecular flexibility index (Phi) is 36.9. The van der Waals surface area contributed by atoms with Gasteiger partial charge in [0.15, 0.2) is 12.2 Å². The zero-order valence-corrected chi connectivity index (χ0v) is 28.0. The van der Waals surface area contributed by atoms with Gasteiger partial charge in [-0.25, -0.2) is 9.59 Å². The molecule has 42 heavy (non-hydrogen) atoms. The zero-order chi connectivity index (χ0) is 31.5. The molecule has 2 unspecified atom stereocenters. The maximum absolute atomic E-state index is 10.4. The third-order valence-electron chi connectivity index (χ3n) is 8.23. The normalized spacial score (nSPS) is 12.5. The topological polar surface area (TPSA) is 115 Å². The van der Waals surface area contributed by atoms with Gasteiger partial charge in [-0.3, -0.25) is 0 Å². The zero-order valence-electron chi connectivity index (χ0n) is 28.0. The summed E-state index contributed by atoms with van der Waals surface area (Å²) in [5, 5.41) is 35.3. The van der Waals surface area contributed by atoms with Crippen molar-refractivity contribution in [2.75, 3.05) is 0 Å². The highest BCUT2D eigenvalue weighted by Gasteiger charge is 2.12. The first-order valence-corrected chi connectivity index (χ1v) is 18.2. The molecule has 0 aliphatic carbocycles. The van der Waals surface area contributed by atoms with Gasteiger partial charge in [-0.05, 0) is 12.8 Å². The van der Waals surface area contributed by atoms with Crippen molar-refractivity contribution < 1.29 is 30.0 Å². The molecule has 2 atom stereocenters. The summed E-state index contributed by atoms with van der Waals surface area (Å²) in [5.41, 5.74) is 0. The molecule has 6 heteroatoms. The second-order valence-corrected chi connectivity index (χ2v) is 12.5. The van der Waals surface area contributed by atoms with Gasteiger partial charge >= 0.3 is 11.9 Å². The summed E-state index contributed by atoms with van der Waals surface area (Å²) in [6.07, 6.45) is 34.5. The molecule has 0 fully saturated rings. The fourth-order valence-corrected chi connectivity index (χ4v) is 5.31. The van der Waals surface area contributed by atoms with Crippen LogP contribution >= 0.6 is 0 Å². The minimum atomic E-state index is -1.16. The van der Waals surface area contributed by atoms with Gasteiger partial charge in [0.05, 0.1) is 0 Å². The molecule has 0 aliphatic heterocycles. The van der Waals surface area contributed by atoms with Crippen LogP contribution in [-0.4, -0.2) is 44.6 Å². The summed E-state index contributed by atoms with van der Waals surface area (Å²) in [7, 11) is 0. The first-order chi connectivity index (χ1) is 20.4. The van der Waals surface area contributed by atoms with E-state index in [1.165, 1.54) is 154 Å². The molecule has 252 valence electrons. The summed E-state index contributed by atoms with van der Waals surface area (Å²) < 4.78 is 0. The van der Waals surface area contributed by atoms with Crippen LogP contribution in [0.3, 0.4) is 0 Å². The second-order valence-electron chi connectivity index (χ2n) is 12.5. The SMILES string of the molecule is CCCCCCCCCCCCCCCCC(O)C(=O)O.CCCCCCCCCCCCCCCCC(O)C(=O)O. The minimum absolute atomic E-state index is 0.396. The van der Waals surface area contributed by atoms with Gasteiger partial charge < -0.3 is 20.4 Å². The highest BCUT2D eigenvalue weighted by molar-refractivity contribution is 5.72. The summed E-state index contributed by atoms with van der Waals surface area (Å²) in [4.78, 5) is 20.8. The Balaban J connectivity index is 0. The Morgan fingerprint density at radius 2 is 0.524 bits per heavy atom. The van der Waals surface area contributed by atoms with Crippen LogP contribution < -0.4 is 0 Å². The Morgan fingerprint density at radius 3 is 0.690 bits per heavy atom. The van der Waals surface area contributed by atoms with Crippen LogP contribution in [0.4, 0.5) is 0 Å². The van der Waals surface area contributed by atoms with Crippen LogP contribution in [0, 0.1) is 0 Å². The summed E-state index contributed by atoms with van der Waals surface area (Å²) >= 11 is 0. The standard InChI is InChI=1S/2C18H36O3/c2*1-2-3-4-5-6-7-8-9-10-11-12-13-14-15-16-17(19)18(20)21/h2*17,19H,2-16H2,1H3,(H,20,21). The van der Waals surface area contributed by atoms with E-state index < -0.39 is 24.1 Å². The molecule has 4 N–H and O–H groups in total. The number of hydrogen-bond donors (Lipinski definition) is 4. The Labute approximate surface area is 260 Å². The predicted octanol–water partition coefficient (Wildman–Crippen LogP) is 10.6. The molecule has 0 saturated carbocycles. The maximum atomic E-state index is 10.4. The van der Waals surface area contributed by atoms with E-state index in [2.05, 4.69) is 13.8 Å². The third-order valence-corrected chi connectivity index (χ3v) is 8.23. The lowest BCUT2D eigenvalue weighted by molar-refractivity contribution is -0.147. The quantitative estimate of drug-likeness (QED) is 0.0571. The Morgan fingerprint density at radius 1 is 0.357 bits per heavy atom. The minimum Gasteiger partial charge on any atom is -0.479 e. The van der Waals surface area contributed by atoms with Gasteiger partial charge in [0.1, 0.15) is 0 Å². The van der Waals surface area contributed by atoms with E-state index in [-0.39, 0.29) is 0 Å². The first-order valence-electron chi connectivity index (χ1n) is 18.2. The van der Waals surface area contributed by atoms with Gasteiger partial charge in [0.2, 0.25) is 0 Å². The van der Waals surface area contributed by atoms with Gasteiger partial charge in [-0.1, -0.05) is 194 Å². The predicted molar refractivity (Wildman–Crippen MR) is 177 cm³/mol. The van der Waals surface area contributed by atoms with Crippen LogP contribution in [0.5, 0.6) is 0 Å². The first kappa shape index (κ1) is 43.0. The highest BCUT2D eigenvalue weighted by atomic mass is 16.4. The van der Waals surface area contributed by atoms with E-state index in [1.54, 1.807) is 0 Å². The lowest BCUT2D eigenvalue weighted by atomic mass is 10.0. The van der Waals surface area contributed by atoms with E-state index in [1.807, 2.05) is 0 Å². The second kappa shape index (κ2) is 36.1. The molecule has 0 radical (unpaired) electrons. The molecular weight excluding hydrogens is 528 g/mol. The third kappa shape index (κ3) is 36.9. The Hall–Kier alpha value is -1.14. The highest BCUT2D eigenvalue weighted by Crippen LogP contribution is 2.15. The van der Waals surface area contributed by atoms with Crippen molar-refractivity contribution in [1.29, 1.82) is 0 Å². The average Bonchev–Trinajstić information content (AvgIpc) is 2.97. The van der Waals surface area contributed by atoms with Gasteiger partial charge in [0.25, 0.3) is 0 Å². The fourth-order valence-electron chi connectivity index (χ4n) is 5.31. The van der Waals surface area contributed by atoms with Crippen LogP contribution in [-0.2, 0) is 9.59 Å². The molecule has 0 aliphatic rings. The molecule has 0 saturated heterocycles. The molecule has 0 amide bonds. The summed E-state index contributed by atoms with van der Waals surface area (Å²) in [6, 6.07) is 0. The monoisotopic (exact) mass is 601 g/mol. The van der Waals surface area contributed by atoms with Crippen LogP contribution in [0.2, 0.25) is 0 Å². The van der Waals surface area contributed by atoms with E-state index in [4.69, 9.17) is 20.4 Å². The van der Waals surface area contributed by atoms with Gasteiger partial charge in [-0.2, -0.15) is 0 Å². The van der Waals surface area contributed by atoms with Crippen molar-refractivity contribution in [2.24, 2.45) is 0 Å². The van der Waals surface area contributed by atoms with Gasteiger partial charge in [-0.15, -0.1) is 0 Å². The van der Waals surface area contributed by atoms with Crippen molar-refractivity contribution >= 4 is 11.9 Å². The van der Waals surface area contributed by atoms with Crippen molar-refractivity contribution in [1.82, 2.24) is 0 Å². The van der Waals surface area contributed by atoms with E-state index >= 15 is 0 Å². The number of aliphatic carboxylic acids is 2. The summed E-state index contributed by atoms with van der Waals surface area (Å²) in [6.45, 7) is 4.52. The van der Waals surface area contributed by atoms with Crippen LogP contribution in [0.15, 0.2) is 0 Å². The lowest BCUT2D eigenvalue weighted by Gasteiger charge is -2.05. The maximum Gasteiger partial charge on any atom is 0.332 e. The number of unbranched alkanes of at least 4 members (excludes halogenated alkanes) is 26. The van der Waals surface area contributed by atoms with E-state index in [9.17, 15) is 9.59 Å². The molecule has 0 bridgehead atoms. The van der Waals surface area contributed by atoms with Crippen LogP contribution in [0.25, 0.3) is 0 Å². The largest absolute Gasteiger partial charge is 0.479 e. The van der Waals surface area contributed by atoms with Gasteiger partial charge in [0, 0.05) is 0 Å². The van der Waals surface area contributed by atoms with E-state index in [0.717, 1.165) is 25.7 Å². The lowest BCUT2D eigenvalue weighted by Crippen LogP contribution is -2.18. The smallest absolute Gasteiger partial charge is 0.332 e. The number of carboxylic acids is 2. The fraction of sp³-hybridized carbons (Fsp3) is 0.944. The molecule has 0 heterocycles. The molecule has 0 rings (SSSR count).